The Kier molecular flexibility index (Phi) is 3.81. The second kappa shape index (κ2) is 6.15. The number of rotatable bonds is 2. The van der Waals surface area contributed by atoms with Gasteiger partial charge in [0.05, 0.1) is 11.1 Å². The van der Waals surface area contributed by atoms with Crippen LogP contribution in [0.15, 0.2) is 71.8 Å². The summed E-state index contributed by atoms with van der Waals surface area (Å²) in [4.78, 5) is 24.7. The molecule has 0 atom stereocenters. The van der Waals surface area contributed by atoms with Gasteiger partial charge in [-0.2, -0.15) is 0 Å². The Morgan fingerprint density at radius 2 is 1.00 bits per heavy atom. The summed E-state index contributed by atoms with van der Waals surface area (Å²) in [6, 6.07) is 15.2. The van der Waals surface area contributed by atoms with Gasteiger partial charge >= 0.3 is 11.9 Å². The second-order valence-electron chi connectivity index (χ2n) is 6.25. The van der Waals surface area contributed by atoms with Gasteiger partial charge in [0.25, 0.3) is 0 Å². The predicted molar refractivity (Wildman–Crippen MR) is 97.5 cm³/mol. The van der Waals surface area contributed by atoms with E-state index in [1.165, 1.54) is 0 Å². The Balaban J connectivity index is 1.79. The van der Waals surface area contributed by atoms with Gasteiger partial charge < -0.3 is 9.47 Å². The smallest absolute Gasteiger partial charge is 0.344 e. The van der Waals surface area contributed by atoms with Crippen molar-refractivity contribution in [1.29, 1.82) is 0 Å². The fraction of sp³-hybridized carbons (Fsp3) is 0.0909. The fourth-order valence-electron chi connectivity index (χ4n) is 3.09. The van der Waals surface area contributed by atoms with Gasteiger partial charge in [0.2, 0.25) is 0 Å². The molecule has 26 heavy (non-hydrogen) atoms. The minimum absolute atomic E-state index is 0.219. The van der Waals surface area contributed by atoms with Crippen molar-refractivity contribution in [2.24, 2.45) is 0 Å². The largest absolute Gasteiger partial charge is 0.422 e. The lowest BCUT2D eigenvalue weighted by atomic mass is 10.0. The van der Waals surface area contributed by atoms with Crippen molar-refractivity contribution in [1.82, 2.24) is 0 Å². The molecule has 2 aromatic rings. The zero-order valence-electron chi connectivity index (χ0n) is 14.4. The first-order valence-corrected chi connectivity index (χ1v) is 8.28. The maximum atomic E-state index is 12.3. The average Bonchev–Trinajstić information content (AvgIpc) is 3.18. The monoisotopic (exact) mass is 344 g/mol. The van der Waals surface area contributed by atoms with Crippen LogP contribution in [0.4, 0.5) is 0 Å². The van der Waals surface area contributed by atoms with Crippen molar-refractivity contribution in [3.05, 3.63) is 94.1 Å². The van der Waals surface area contributed by atoms with Crippen LogP contribution in [0.5, 0.6) is 0 Å². The molecule has 0 bridgehead atoms. The van der Waals surface area contributed by atoms with Crippen LogP contribution in [0.25, 0.3) is 11.5 Å². The minimum Gasteiger partial charge on any atom is -0.422 e. The molecule has 2 aliphatic rings. The van der Waals surface area contributed by atoms with Crippen LogP contribution in [0.1, 0.15) is 22.3 Å². The molecular weight excluding hydrogens is 328 g/mol. The highest BCUT2D eigenvalue weighted by atomic mass is 16.5. The molecule has 0 unspecified atom stereocenters. The molecule has 0 saturated heterocycles. The number of hydrogen-bond acceptors (Lipinski definition) is 4. The molecule has 2 aliphatic heterocycles. The quantitative estimate of drug-likeness (QED) is 0.608. The van der Waals surface area contributed by atoms with E-state index in [-0.39, 0.29) is 11.1 Å². The highest BCUT2D eigenvalue weighted by Gasteiger charge is 2.32. The zero-order valence-corrected chi connectivity index (χ0v) is 14.4. The minimum atomic E-state index is -0.544. The van der Waals surface area contributed by atoms with Gasteiger partial charge in [-0.3, -0.25) is 0 Å². The molecule has 4 heteroatoms. The Morgan fingerprint density at radius 1 is 0.615 bits per heavy atom. The molecule has 0 radical (unpaired) electrons. The van der Waals surface area contributed by atoms with Gasteiger partial charge in [0, 0.05) is 11.1 Å². The first kappa shape index (κ1) is 16.1. The van der Waals surface area contributed by atoms with Crippen molar-refractivity contribution in [2.75, 3.05) is 0 Å². The molecule has 0 fully saturated rings. The normalized spacial score (nSPS) is 19.2. The van der Waals surface area contributed by atoms with E-state index in [0.717, 1.165) is 22.3 Å². The summed E-state index contributed by atoms with van der Waals surface area (Å²) < 4.78 is 10.8. The first-order chi connectivity index (χ1) is 12.5. The Labute approximate surface area is 151 Å². The summed E-state index contributed by atoms with van der Waals surface area (Å²) in [6.45, 7) is 3.88. The number of hydrogen-bond donors (Lipinski definition) is 0. The molecule has 0 aromatic heterocycles. The number of aryl methyl sites for hydroxylation is 2. The zero-order chi connectivity index (χ0) is 18.3. The van der Waals surface area contributed by atoms with Crippen molar-refractivity contribution in [3.8, 4) is 0 Å². The Bertz CT molecular complexity index is 954. The van der Waals surface area contributed by atoms with E-state index < -0.39 is 11.9 Å². The lowest BCUT2D eigenvalue weighted by molar-refractivity contribution is -0.133. The van der Waals surface area contributed by atoms with Gasteiger partial charge in [-0.25, -0.2) is 9.59 Å². The number of ether oxygens (including phenoxy) is 2. The Hall–Kier alpha value is -3.40. The molecule has 4 nitrogen and oxygen atoms in total. The summed E-state index contributed by atoms with van der Waals surface area (Å²) in [6.07, 6.45) is 3.22. The van der Waals surface area contributed by atoms with Gasteiger partial charge in [0.15, 0.2) is 0 Å². The highest BCUT2D eigenvalue weighted by Crippen LogP contribution is 2.35. The predicted octanol–water partition coefficient (Wildman–Crippen LogP) is 4.10. The van der Waals surface area contributed by atoms with Gasteiger partial charge in [-0.15, -0.1) is 0 Å². The number of esters is 2. The average molecular weight is 344 g/mol. The van der Waals surface area contributed by atoms with E-state index in [9.17, 15) is 9.59 Å². The molecule has 128 valence electrons. The SMILES string of the molecule is Cc1ccccc1C1=C/C(=C2\C=C(c3ccccc3C)OC2=O)C(=O)O1. The lowest BCUT2D eigenvalue weighted by Gasteiger charge is -2.04. The van der Waals surface area contributed by atoms with Gasteiger partial charge in [-0.1, -0.05) is 48.5 Å². The number of cyclic esters (lactones) is 2. The Morgan fingerprint density at radius 3 is 1.38 bits per heavy atom. The van der Waals surface area contributed by atoms with Gasteiger partial charge in [0.1, 0.15) is 11.5 Å². The molecule has 2 heterocycles. The summed E-state index contributed by atoms with van der Waals surface area (Å²) in [5, 5.41) is 0. The van der Waals surface area contributed by atoms with Crippen molar-refractivity contribution < 1.29 is 19.1 Å². The van der Waals surface area contributed by atoms with Crippen LogP contribution >= 0.6 is 0 Å². The summed E-state index contributed by atoms with van der Waals surface area (Å²) in [5.41, 5.74) is 4.07. The van der Waals surface area contributed by atoms with Crippen LogP contribution in [-0.2, 0) is 19.1 Å². The van der Waals surface area contributed by atoms with Crippen LogP contribution in [-0.4, -0.2) is 11.9 Å². The molecule has 2 aromatic carbocycles. The fourth-order valence-corrected chi connectivity index (χ4v) is 3.09. The lowest BCUT2D eigenvalue weighted by Crippen LogP contribution is -2.05. The van der Waals surface area contributed by atoms with E-state index in [4.69, 9.17) is 9.47 Å². The van der Waals surface area contributed by atoms with E-state index >= 15 is 0 Å². The third-order valence-electron chi connectivity index (χ3n) is 4.51. The molecular formula is C22H16O4. The second-order valence-corrected chi connectivity index (χ2v) is 6.25. The number of carbonyl (C=O) groups is 2. The molecule has 0 aliphatic carbocycles. The number of carbonyl (C=O) groups excluding carboxylic acids is 2. The molecule has 0 N–H and O–H groups in total. The van der Waals surface area contributed by atoms with Crippen molar-refractivity contribution >= 4 is 23.5 Å². The van der Waals surface area contributed by atoms with Crippen LogP contribution in [0.3, 0.4) is 0 Å². The summed E-state index contributed by atoms with van der Waals surface area (Å²) in [7, 11) is 0. The van der Waals surface area contributed by atoms with E-state index in [0.29, 0.717) is 11.5 Å². The summed E-state index contributed by atoms with van der Waals surface area (Å²) in [5.74, 6) is -0.197. The van der Waals surface area contributed by atoms with E-state index in [1.807, 2.05) is 62.4 Å². The topological polar surface area (TPSA) is 52.6 Å². The van der Waals surface area contributed by atoms with Crippen LogP contribution in [0, 0.1) is 13.8 Å². The molecule has 0 spiro atoms. The standard InChI is InChI=1S/C22H16O4/c1-13-7-3-5-9-15(13)19-11-17(21(23)25-19)18-12-20(26-22(18)24)16-10-6-4-8-14(16)2/h3-12H,1-2H3/b18-17-. The van der Waals surface area contributed by atoms with Crippen LogP contribution < -0.4 is 0 Å². The molecule has 0 saturated carbocycles. The summed E-state index contributed by atoms with van der Waals surface area (Å²) >= 11 is 0. The first-order valence-electron chi connectivity index (χ1n) is 8.28. The third kappa shape index (κ3) is 2.65. The van der Waals surface area contributed by atoms with Crippen molar-refractivity contribution in [3.63, 3.8) is 0 Å². The maximum Gasteiger partial charge on any atom is 0.344 e. The van der Waals surface area contributed by atoms with Gasteiger partial charge in [-0.05, 0) is 37.1 Å². The third-order valence-corrected chi connectivity index (χ3v) is 4.51. The molecule has 0 amide bonds. The maximum absolute atomic E-state index is 12.3. The molecule has 4 rings (SSSR count). The number of benzene rings is 2. The van der Waals surface area contributed by atoms with Crippen molar-refractivity contribution in [2.45, 2.75) is 13.8 Å². The van der Waals surface area contributed by atoms with E-state index in [1.54, 1.807) is 12.2 Å². The highest BCUT2D eigenvalue weighted by molar-refractivity contribution is 6.12. The van der Waals surface area contributed by atoms with Crippen LogP contribution in [0.2, 0.25) is 0 Å². The van der Waals surface area contributed by atoms with E-state index in [2.05, 4.69) is 0 Å².